The lowest BCUT2D eigenvalue weighted by Gasteiger charge is -2.37. The van der Waals surface area contributed by atoms with Crippen LogP contribution < -0.4 is 4.74 Å². The van der Waals surface area contributed by atoms with Gasteiger partial charge in [0.1, 0.15) is 12.4 Å². The van der Waals surface area contributed by atoms with Crippen LogP contribution in [0.5, 0.6) is 5.75 Å². The van der Waals surface area contributed by atoms with Gasteiger partial charge in [0.15, 0.2) is 0 Å². The molecule has 3 heterocycles. The van der Waals surface area contributed by atoms with Gasteiger partial charge in [0.2, 0.25) is 0 Å². The highest BCUT2D eigenvalue weighted by molar-refractivity contribution is 5.49. The van der Waals surface area contributed by atoms with Gasteiger partial charge in [-0.3, -0.25) is 4.90 Å². The molecule has 1 saturated heterocycles. The Labute approximate surface area is 124 Å². The smallest absolute Gasteiger partial charge is 0.123 e. The van der Waals surface area contributed by atoms with E-state index in [9.17, 15) is 0 Å². The van der Waals surface area contributed by atoms with Gasteiger partial charge in [-0.2, -0.15) is 0 Å². The molecule has 3 aliphatic heterocycles. The first kappa shape index (κ1) is 11.6. The molecule has 2 aromatic carbocycles. The van der Waals surface area contributed by atoms with E-state index in [2.05, 4.69) is 71.6 Å². The van der Waals surface area contributed by atoms with Gasteiger partial charge in [0.05, 0.1) is 11.6 Å². The lowest BCUT2D eigenvalue weighted by atomic mass is 9.80. The van der Waals surface area contributed by atoms with Crippen molar-refractivity contribution < 1.29 is 4.74 Å². The van der Waals surface area contributed by atoms with E-state index >= 15 is 0 Å². The topological polar surface area (TPSA) is 12.2 Å². The Morgan fingerprint density at radius 1 is 0.952 bits per heavy atom. The second-order valence-electron chi connectivity index (χ2n) is 6.28. The fourth-order valence-corrected chi connectivity index (χ4v) is 4.04. The Hall–Kier alpha value is -2.06. The Balaban J connectivity index is 1.58. The third-order valence-corrected chi connectivity index (χ3v) is 5.19. The van der Waals surface area contributed by atoms with Crippen molar-refractivity contribution in [2.45, 2.75) is 17.5 Å². The Kier molecular flexibility index (Phi) is 2.20. The minimum Gasteiger partial charge on any atom is -0.491 e. The van der Waals surface area contributed by atoms with Crippen LogP contribution in [0.25, 0.3) is 0 Å². The molecule has 21 heavy (non-hydrogen) atoms. The molecule has 2 aromatic rings. The zero-order chi connectivity index (χ0) is 13.9. The molecule has 5 rings (SSSR count). The highest BCUT2D eigenvalue weighted by Crippen LogP contribution is 2.57. The maximum absolute atomic E-state index is 6.05. The van der Waals surface area contributed by atoms with E-state index in [-0.39, 0.29) is 5.54 Å². The zero-order valence-electron chi connectivity index (χ0n) is 11.8. The van der Waals surface area contributed by atoms with E-state index in [0.717, 1.165) is 18.9 Å². The molecular formula is C19H17NO. The molecule has 2 nitrogen and oxygen atoms in total. The molecule has 0 bridgehead atoms. The lowest BCUT2D eigenvalue weighted by molar-refractivity contribution is 0.178. The molecule has 1 unspecified atom stereocenters. The normalized spacial score (nSPS) is 35.1. The summed E-state index contributed by atoms with van der Waals surface area (Å²) in [4.78, 5) is 2.59. The summed E-state index contributed by atoms with van der Waals surface area (Å²) < 4.78 is 6.05. The maximum atomic E-state index is 6.05. The minimum atomic E-state index is 0.184. The first-order valence-corrected chi connectivity index (χ1v) is 7.60. The third-order valence-electron chi connectivity index (χ3n) is 5.19. The molecule has 4 atom stereocenters. The van der Waals surface area contributed by atoms with Crippen molar-refractivity contribution in [1.82, 2.24) is 4.90 Å². The number of hydrogen-bond acceptors (Lipinski definition) is 2. The Bertz CT molecular complexity index is 723. The van der Waals surface area contributed by atoms with Gasteiger partial charge in [-0.15, -0.1) is 0 Å². The van der Waals surface area contributed by atoms with Crippen LogP contribution in [0.4, 0.5) is 0 Å². The van der Waals surface area contributed by atoms with Crippen LogP contribution in [0.3, 0.4) is 0 Å². The van der Waals surface area contributed by atoms with Crippen LogP contribution in [0, 0.1) is 0 Å². The monoisotopic (exact) mass is 275 g/mol. The largest absolute Gasteiger partial charge is 0.491 e. The first-order valence-electron chi connectivity index (χ1n) is 7.60. The molecule has 0 N–H and O–H groups in total. The fourth-order valence-electron chi connectivity index (χ4n) is 4.04. The van der Waals surface area contributed by atoms with Gasteiger partial charge in [0, 0.05) is 18.0 Å². The van der Waals surface area contributed by atoms with E-state index < -0.39 is 0 Å². The molecule has 0 aliphatic carbocycles. The standard InChI is InChI=1S/C19H17NO/c1-2-6-14(7-3-1)17-11-10-16-15-8-4-5-9-18(15)21-13-19(16)12-20(17)19/h1-11,16-17H,12-13H2/t16-,17+,19-,20?/m0/s1. The number of benzene rings is 2. The second kappa shape index (κ2) is 3.99. The predicted octanol–water partition coefficient (Wildman–Crippen LogP) is 3.53. The maximum Gasteiger partial charge on any atom is 0.123 e. The van der Waals surface area contributed by atoms with Gasteiger partial charge in [-0.1, -0.05) is 60.7 Å². The van der Waals surface area contributed by atoms with E-state index in [1.165, 1.54) is 11.1 Å². The number of ether oxygens (including phenoxy) is 1. The van der Waals surface area contributed by atoms with E-state index in [1.807, 2.05) is 0 Å². The van der Waals surface area contributed by atoms with Gasteiger partial charge in [-0.05, 0) is 11.6 Å². The van der Waals surface area contributed by atoms with Crippen molar-refractivity contribution >= 4 is 0 Å². The highest BCUT2D eigenvalue weighted by atomic mass is 16.5. The number of fused-ring (bicyclic) bond motifs is 2. The van der Waals surface area contributed by atoms with Crippen LogP contribution in [-0.2, 0) is 0 Å². The van der Waals surface area contributed by atoms with Crippen molar-refractivity contribution in [1.29, 1.82) is 0 Å². The lowest BCUT2D eigenvalue weighted by Crippen LogP contribution is -2.40. The molecule has 0 radical (unpaired) electrons. The summed E-state index contributed by atoms with van der Waals surface area (Å²) in [5.41, 5.74) is 2.90. The van der Waals surface area contributed by atoms with Crippen LogP contribution in [0.1, 0.15) is 23.1 Å². The van der Waals surface area contributed by atoms with Crippen LogP contribution in [-0.4, -0.2) is 23.6 Å². The third kappa shape index (κ3) is 1.51. The summed E-state index contributed by atoms with van der Waals surface area (Å²) in [7, 11) is 0. The molecule has 0 aromatic heterocycles. The minimum absolute atomic E-state index is 0.184. The summed E-state index contributed by atoms with van der Waals surface area (Å²) in [5, 5.41) is 0. The number of para-hydroxylation sites is 1. The summed E-state index contributed by atoms with van der Waals surface area (Å²) in [5.74, 6) is 1.53. The molecule has 104 valence electrons. The summed E-state index contributed by atoms with van der Waals surface area (Å²) >= 11 is 0. The second-order valence-corrected chi connectivity index (χ2v) is 6.28. The molecular weight excluding hydrogens is 258 g/mol. The molecule has 3 aliphatic rings. The Morgan fingerprint density at radius 3 is 2.67 bits per heavy atom. The van der Waals surface area contributed by atoms with E-state index in [1.54, 1.807) is 0 Å². The summed E-state index contributed by atoms with van der Waals surface area (Å²) in [6.45, 7) is 1.93. The summed E-state index contributed by atoms with van der Waals surface area (Å²) in [6, 6.07) is 19.6. The average Bonchev–Trinajstić information content (AvgIpc) is 3.29. The van der Waals surface area contributed by atoms with Crippen LogP contribution >= 0.6 is 0 Å². The summed E-state index contributed by atoms with van der Waals surface area (Å²) in [6.07, 6.45) is 4.77. The van der Waals surface area contributed by atoms with Crippen molar-refractivity contribution in [2.75, 3.05) is 13.2 Å². The predicted molar refractivity (Wildman–Crippen MR) is 82.4 cm³/mol. The quantitative estimate of drug-likeness (QED) is 0.583. The van der Waals surface area contributed by atoms with Crippen LogP contribution in [0.2, 0.25) is 0 Å². The van der Waals surface area contributed by atoms with Crippen molar-refractivity contribution in [3.05, 3.63) is 77.9 Å². The molecule has 2 heteroatoms. The zero-order valence-corrected chi connectivity index (χ0v) is 11.8. The molecule has 1 spiro atoms. The first-order chi connectivity index (χ1) is 10.4. The average molecular weight is 275 g/mol. The van der Waals surface area contributed by atoms with Crippen LogP contribution in [0.15, 0.2) is 66.7 Å². The molecule has 0 saturated carbocycles. The van der Waals surface area contributed by atoms with Crippen molar-refractivity contribution in [2.24, 2.45) is 0 Å². The highest BCUT2D eigenvalue weighted by Gasteiger charge is 2.63. The van der Waals surface area contributed by atoms with E-state index in [4.69, 9.17) is 4.74 Å². The molecule has 0 amide bonds. The number of rotatable bonds is 1. The number of nitrogens with zero attached hydrogens (tertiary/aromatic N) is 1. The molecule has 1 fully saturated rings. The number of hydrogen-bond donors (Lipinski definition) is 0. The van der Waals surface area contributed by atoms with Gasteiger partial charge in [-0.25, -0.2) is 0 Å². The van der Waals surface area contributed by atoms with E-state index in [0.29, 0.717) is 12.0 Å². The SMILES string of the molecule is C1=C[C@H]2c3ccccc3OC[C@@]23CN3[C@H]1c1ccccc1. The fraction of sp³-hybridized carbons (Fsp3) is 0.263. The van der Waals surface area contributed by atoms with Crippen molar-refractivity contribution in [3.8, 4) is 5.75 Å². The van der Waals surface area contributed by atoms with Gasteiger partial charge < -0.3 is 4.74 Å². The van der Waals surface area contributed by atoms with Crippen molar-refractivity contribution in [3.63, 3.8) is 0 Å². The van der Waals surface area contributed by atoms with Gasteiger partial charge in [0.25, 0.3) is 0 Å². The Morgan fingerprint density at radius 2 is 1.76 bits per heavy atom. The van der Waals surface area contributed by atoms with Gasteiger partial charge >= 0.3 is 0 Å².